The summed E-state index contributed by atoms with van der Waals surface area (Å²) in [6.45, 7) is 6.64. The van der Waals surface area contributed by atoms with Crippen LogP contribution >= 0.6 is 7.14 Å². The Morgan fingerprint density at radius 1 is 1.71 bits per heavy atom. The van der Waals surface area contributed by atoms with Gasteiger partial charge < -0.3 is 4.57 Å². The lowest BCUT2D eigenvalue weighted by Gasteiger charge is -1.90. The van der Waals surface area contributed by atoms with Gasteiger partial charge in [0.25, 0.3) is 0 Å². The van der Waals surface area contributed by atoms with Crippen LogP contribution in [0.2, 0.25) is 0 Å². The molecule has 0 fully saturated rings. The minimum absolute atomic E-state index is 1.51. The second kappa shape index (κ2) is 2.16. The highest BCUT2D eigenvalue weighted by molar-refractivity contribution is 7.65. The molecule has 0 heterocycles. The molecule has 0 aliphatic heterocycles. The van der Waals surface area contributed by atoms with Gasteiger partial charge in [0.15, 0.2) is 0 Å². The van der Waals surface area contributed by atoms with Crippen LogP contribution in [0.25, 0.3) is 0 Å². The average Bonchev–Trinajstić information content (AvgIpc) is 1.30. The second-order valence-electron chi connectivity index (χ2n) is 1.77. The Kier molecular flexibility index (Phi) is 2.08. The molecule has 0 spiro atoms. The van der Waals surface area contributed by atoms with Gasteiger partial charge in [-0.05, 0) is 13.3 Å². The first kappa shape index (κ1) is 6.75. The van der Waals surface area contributed by atoms with Crippen molar-refractivity contribution in [3.05, 3.63) is 18.1 Å². The zero-order valence-corrected chi connectivity index (χ0v) is 5.53. The number of rotatable bonds is 1. The summed E-state index contributed by atoms with van der Waals surface area (Å²) >= 11 is 0. The lowest BCUT2D eigenvalue weighted by atomic mass is 11.0. The van der Waals surface area contributed by atoms with E-state index in [-0.39, 0.29) is 0 Å². The summed E-state index contributed by atoms with van der Waals surface area (Å²) in [7, 11) is -1.96. The van der Waals surface area contributed by atoms with Crippen molar-refractivity contribution in [2.75, 3.05) is 13.3 Å². The Bertz CT molecular complexity index is 136. The maximum atomic E-state index is 10.7. The van der Waals surface area contributed by atoms with Gasteiger partial charge in [-0.25, -0.2) is 0 Å². The fraction of sp³-hybridized carbons (Fsp3) is 0.400. The van der Waals surface area contributed by atoms with Crippen molar-refractivity contribution in [1.82, 2.24) is 0 Å². The van der Waals surface area contributed by atoms with Crippen LogP contribution in [0.15, 0.2) is 18.1 Å². The molecule has 1 nitrogen and oxygen atoms in total. The van der Waals surface area contributed by atoms with Crippen molar-refractivity contribution in [2.45, 2.75) is 0 Å². The molecule has 7 heavy (non-hydrogen) atoms. The molecule has 2 heteroatoms. The summed E-state index contributed by atoms with van der Waals surface area (Å²) in [5, 5.41) is 0. The molecule has 0 aromatic heterocycles. The van der Waals surface area contributed by atoms with Gasteiger partial charge in [0.1, 0.15) is 7.14 Å². The topological polar surface area (TPSA) is 17.1 Å². The fourth-order valence-corrected chi connectivity index (χ4v) is 0.660. The van der Waals surface area contributed by atoms with Crippen LogP contribution < -0.4 is 0 Å². The molecule has 0 N–H and O–H groups in total. The van der Waals surface area contributed by atoms with Gasteiger partial charge in [0.05, 0.1) is 0 Å². The lowest BCUT2D eigenvalue weighted by Crippen LogP contribution is -1.60. The Balaban J connectivity index is 4.10. The Hall–Kier alpha value is -0.250. The first-order valence-electron chi connectivity index (χ1n) is 1.98. The highest BCUT2D eigenvalue weighted by atomic mass is 31.2. The second-order valence-corrected chi connectivity index (χ2v) is 4.89. The van der Waals surface area contributed by atoms with Crippen molar-refractivity contribution in [3.63, 3.8) is 0 Å². The first-order chi connectivity index (χ1) is 3.06. The van der Waals surface area contributed by atoms with Gasteiger partial charge in [0.2, 0.25) is 0 Å². The van der Waals surface area contributed by atoms with Gasteiger partial charge in [0, 0.05) is 5.82 Å². The third-order valence-electron chi connectivity index (χ3n) is 0.402. The summed E-state index contributed by atoms with van der Waals surface area (Å²) in [6.07, 6.45) is 0. The van der Waals surface area contributed by atoms with Crippen LogP contribution in [0.5, 0.6) is 0 Å². The van der Waals surface area contributed by atoms with E-state index in [2.05, 4.69) is 12.3 Å². The zero-order chi connectivity index (χ0) is 5.91. The van der Waals surface area contributed by atoms with Crippen molar-refractivity contribution in [1.29, 1.82) is 0 Å². The molecule has 0 radical (unpaired) electrons. The Morgan fingerprint density at radius 3 is 2.14 bits per heavy atom. The van der Waals surface area contributed by atoms with E-state index in [0.717, 1.165) is 0 Å². The van der Waals surface area contributed by atoms with Gasteiger partial charge in [-0.1, -0.05) is 6.58 Å². The molecule has 0 rings (SSSR count). The average molecular weight is 116 g/mol. The van der Waals surface area contributed by atoms with Gasteiger partial charge in [-0.2, -0.15) is 0 Å². The smallest absolute Gasteiger partial charge is 0.110 e. The van der Waals surface area contributed by atoms with Crippen LogP contribution in [0.1, 0.15) is 0 Å². The van der Waals surface area contributed by atoms with E-state index in [0.29, 0.717) is 0 Å². The molecule has 0 aliphatic rings. The summed E-state index contributed by atoms with van der Waals surface area (Å²) in [6, 6.07) is 0. The highest BCUT2D eigenvalue weighted by Gasteiger charge is 1.95. The number of hydrogen-bond donors (Lipinski definition) is 0. The zero-order valence-electron chi connectivity index (χ0n) is 4.64. The fourth-order valence-electron chi connectivity index (χ4n) is 0.220. The maximum Gasteiger partial charge on any atom is 0.110 e. The molecule has 40 valence electrons. The Labute approximate surface area is 44.1 Å². The maximum absolute atomic E-state index is 10.7. The molecule has 0 bridgehead atoms. The van der Waals surface area contributed by atoms with E-state index in [1.165, 1.54) is 5.82 Å². The van der Waals surface area contributed by atoms with E-state index in [1.807, 2.05) is 0 Å². The minimum Gasteiger partial charge on any atom is -0.319 e. The summed E-state index contributed by atoms with van der Waals surface area (Å²) in [4.78, 5) is 0. The van der Waals surface area contributed by atoms with E-state index < -0.39 is 7.14 Å². The summed E-state index contributed by atoms with van der Waals surface area (Å²) < 4.78 is 10.7. The van der Waals surface area contributed by atoms with E-state index in [4.69, 9.17) is 0 Å². The third-order valence-corrected chi connectivity index (χ3v) is 1.21. The minimum atomic E-state index is -1.96. The first-order valence-corrected chi connectivity index (χ1v) is 4.65. The molecule has 0 saturated heterocycles. The van der Waals surface area contributed by atoms with Crippen molar-refractivity contribution in [2.24, 2.45) is 0 Å². The van der Waals surface area contributed by atoms with Crippen LogP contribution in [-0.4, -0.2) is 13.3 Å². The molecule has 0 aromatic rings. The van der Waals surface area contributed by atoms with E-state index in [1.54, 1.807) is 13.3 Å². The predicted octanol–water partition coefficient (Wildman–Crippen LogP) is 1.91. The predicted molar refractivity (Wildman–Crippen MR) is 33.2 cm³/mol. The molecule has 0 atom stereocenters. The third kappa shape index (κ3) is 5.75. The van der Waals surface area contributed by atoms with Crippen LogP contribution in [0.4, 0.5) is 0 Å². The van der Waals surface area contributed by atoms with E-state index >= 15 is 0 Å². The number of hydrogen-bond acceptors (Lipinski definition) is 1. The monoisotopic (exact) mass is 116 g/mol. The highest BCUT2D eigenvalue weighted by Crippen LogP contribution is 2.36. The van der Waals surface area contributed by atoms with Crippen molar-refractivity contribution >= 4 is 7.14 Å². The molecule has 0 amide bonds. The van der Waals surface area contributed by atoms with E-state index in [9.17, 15) is 4.57 Å². The molecular weight excluding hydrogens is 107 g/mol. The van der Waals surface area contributed by atoms with Crippen LogP contribution in [0.3, 0.4) is 0 Å². The standard InChI is InChI=1S/C5H9OP/c1-4-5-7(2,3)6/h5H,1H2,2-3H3. The molecule has 0 aliphatic carbocycles. The summed E-state index contributed by atoms with van der Waals surface area (Å²) in [5.41, 5.74) is 2.47. The largest absolute Gasteiger partial charge is 0.319 e. The molecule has 0 unspecified atom stereocenters. The van der Waals surface area contributed by atoms with Crippen molar-refractivity contribution < 1.29 is 4.57 Å². The SMILES string of the molecule is C=C=CP(C)(C)=O. The Morgan fingerprint density at radius 2 is 2.14 bits per heavy atom. The van der Waals surface area contributed by atoms with Gasteiger partial charge >= 0.3 is 0 Å². The van der Waals surface area contributed by atoms with Crippen LogP contribution in [-0.2, 0) is 4.57 Å². The molecule has 0 saturated carbocycles. The van der Waals surface area contributed by atoms with Crippen molar-refractivity contribution in [3.8, 4) is 0 Å². The quantitative estimate of drug-likeness (QED) is 0.377. The summed E-state index contributed by atoms with van der Waals surface area (Å²) in [5.74, 6) is 1.51. The van der Waals surface area contributed by atoms with Crippen LogP contribution in [0, 0.1) is 0 Å². The normalized spacial score (nSPS) is 10.0. The van der Waals surface area contributed by atoms with Gasteiger partial charge in [-0.15, -0.1) is 5.73 Å². The molecular formula is C5H9OP. The lowest BCUT2D eigenvalue weighted by molar-refractivity contribution is 0.588. The molecule has 0 aromatic carbocycles. The van der Waals surface area contributed by atoms with Gasteiger partial charge in [-0.3, -0.25) is 0 Å².